The Bertz CT molecular complexity index is 691. The van der Waals surface area contributed by atoms with Crippen LogP contribution in [-0.2, 0) is 6.42 Å². The van der Waals surface area contributed by atoms with Crippen LogP contribution in [0.1, 0.15) is 37.5 Å². The largest absolute Gasteiger partial charge is 0.139 e. The van der Waals surface area contributed by atoms with Crippen LogP contribution in [0.15, 0.2) is 54.6 Å². The smallest absolute Gasteiger partial charge is 0.0449 e. The summed E-state index contributed by atoms with van der Waals surface area (Å²) < 4.78 is 0. The Kier molecular flexibility index (Phi) is 5.47. The fourth-order valence-electron chi connectivity index (χ4n) is 2.60. The van der Waals surface area contributed by atoms with Crippen LogP contribution in [0.2, 0.25) is 0 Å². The summed E-state index contributed by atoms with van der Waals surface area (Å²) in [6.45, 7) is 2.27. The van der Waals surface area contributed by atoms with Crippen molar-refractivity contribution in [3.8, 4) is 20.2 Å². The summed E-state index contributed by atoms with van der Waals surface area (Å²) in [5, 5.41) is 0. The van der Waals surface area contributed by atoms with Gasteiger partial charge in [0.2, 0.25) is 0 Å². The molecule has 0 atom stereocenters. The first-order valence-corrected chi connectivity index (χ1v) is 9.74. The number of thiophene rings is 2. The monoisotopic (exact) mass is 326 g/mol. The minimum Gasteiger partial charge on any atom is -0.139 e. The van der Waals surface area contributed by atoms with E-state index in [1.807, 2.05) is 22.7 Å². The molecule has 3 rings (SSSR count). The van der Waals surface area contributed by atoms with Crippen LogP contribution in [-0.4, -0.2) is 0 Å². The molecule has 0 radical (unpaired) electrons. The Hall–Kier alpha value is -1.38. The van der Waals surface area contributed by atoms with Crippen molar-refractivity contribution in [1.82, 2.24) is 0 Å². The molecule has 22 heavy (non-hydrogen) atoms. The summed E-state index contributed by atoms with van der Waals surface area (Å²) in [5.74, 6) is 0. The lowest BCUT2D eigenvalue weighted by Gasteiger charge is -1.97. The Morgan fingerprint density at radius 2 is 1.41 bits per heavy atom. The molecule has 0 fully saturated rings. The van der Waals surface area contributed by atoms with Gasteiger partial charge in [-0.25, -0.2) is 0 Å². The van der Waals surface area contributed by atoms with Gasteiger partial charge in [-0.1, -0.05) is 56.5 Å². The lowest BCUT2D eigenvalue weighted by Crippen LogP contribution is -1.80. The fraction of sp³-hybridized carbons (Fsp3) is 0.300. The van der Waals surface area contributed by atoms with Crippen LogP contribution in [0.5, 0.6) is 0 Å². The fourth-order valence-corrected chi connectivity index (χ4v) is 4.75. The Morgan fingerprint density at radius 1 is 0.682 bits per heavy atom. The molecule has 0 spiro atoms. The third-order valence-electron chi connectivity index (χ3n) is 3.85. The van der Waals surface area contributed by atoms with Crippen LogP contribution < -0.4 is 0 Å². The topological polar surface area (TPSA) is 0 Å². The Labute approximate surface area is 141 Å². The van der Waals surface area contributed by atoms with Crippen molar-refractivity contribution in [3.63, 3.8) is 0 Å². The highest BCUT2D eigenvalue weighted by Gasteiger charge is 2.07. The van der Waals surface area contributed by atoms with Gasteiger partial charge >= 0.3 is 0 Å². The number of rotatable bonds is 7. The lowest BCUT2D eigenvalue weighted by molar-refractivity contribution is 0.670. The van der Waals surface area contributed by atoms with Gasteiger partial charge in [0.25, 0.3) is 0 Å². The SMILES string of the molecule is CCCCCCc1ccc(-c2ccc(-c3ccccc3)s2)s1. The standard InChI is InChI=1S/C20H22S2/c1-2-3-4-8-11-17-12-13-19(21-17)20-15-14-18(22-20)16-9-6-5-7-10-16/h5-7,9-10,12-15H,2-4,8,11H2,1H3. The van der Waals surface area contributed by atoms with Gasteiger partial charge in [0.1, 0.15) is 0 Å². The molecule has 0 aliphatic carbocycles. The van der Waals surface area contributed by atoms with Crippen molar-refractivity contribution in [1.29, 1.82) is 0 Å². The second-order valence-electron chi connectivity index (χ2n) is 5.61. The maximum Gasteiger partial charge on any atom is 0.0449 e. The van der Waals surface area contributed by atoms with E-state index in [0.717, 1.165) is 0 Å². The van der Waals surface area contributed by atoms with Gasteiger partial charge in [-0.3, -0.25) is 0 Å². The number of hydrogen-bond acceptors (Lipinski definition) is 2. The van der Waals surface area contributed by atoms with Crippen LogP contribution >= 0.6 is 22.7 Å². The average Bonchev–Trinajstić information content (AvgIpc) is 3.21. The second kappa shape index (κ2) is 7.75. The predicted molar refractivity (Wildman–Crippen MR) is 101 cm³/mol. The molecular weight excluding hydrogens is 304 g/mol. The number of benzene rings is 1. The van der Waals surface area contributed by atoms with E-state index in [1.165, 1.54) is 57.2 Å². The molecule has 0 saturated heterocycles. The third-order valence-corrected chi connectivity index (χ3v) is 6.32. The molecule has 0 aliphatic heterocycles. The number of unbranched alkanes of at least 4 members (excludes halogenated alkanes) is 3. The van der Waals surface area contributed by atoms with Crippen molar-refractivity contribution in [3.05, 3.63) is 59.5 Å². The zero-order chi connectivity index (χ0) is 15.2. The zero-order valence-corrected chi connectivity index (χ0v) is 14.7. The summed E-state index contributed by atoms with van der Waals surface area (Å²) in [4.78, 5) is 5.69. The first-order valence-electron chi connectivity index (χ1n) is 8.11. The second-order valence-corrected chi connectivity index (χ2v) is 7.86. The summed E-state index contributed by atoms with van der Waals surface area (Å²) in [7, 11) is 0. The van der Waals surface area contributed by atoms with Crippen molar-refractivity contribution in [2.45, 2.75) is 39.0 Å². The van der Waals surface area contributed by atoms with E-state index < -0.39 is 0 Å². The summed E-state index contributed by atoms with van der Waals surface area (Å²) in [5.41, 5.74) is 1.31. The highest BCUT2D eigenvalue weighted by molar-refractivity contribution is 7.23. The first kappa shape index (κ1) is 15.5. The molecule has 0 aliphatic rings. The third kappa shape index (κ3) is 3.88. The van der Waals surface area contributed by atoms with E-state index in [9.17, 15) is 0 Å². The van der Waals surface area contributed by atoms with Crippen LogP contribution in [0.4, 0.5) is 0 Å². The van der Waals surface area contributed by atoms with E-state index >= 15 is 0 Å². The quantitative estimate of drug-likeness (QED) is 0.401. The van der Waals surface area contributed by atoms with Crippen molar-refractivity contribution in [2.75, 3.05) is 0 Å². The van der Waals surface area contributed by atoms with Crippen LogP contribution in [0, 0.1) is 0 Å². The van der Waals surface area contributed by atoms with E-state index in [0.29, 0.717) is 0 Å². The molecule has 0 nitrogen and oxygen atoms in total. The Morgan fingerprint density at radius 3 is 2.23 bits per heavy atom. The summed E-state index contributed by atoms with van der Waals surface area (Å²) in [6.07, 6.45) is 6.60. The molecular formula is C20H22S2. The van der Waals surface area contributed by atoms with Gasteiger partial charge in [-0.15, -0.1) is 22.7 Å². The maximum absolute atomic E-state index is 2.31. The molecule has 2 heterocycles. The van der Waals surface area contributed by atoms with Gasteiger partial charge in [0.05, 0.1) is 0 Å². The molecule has 1 aromatic carbocycles. The maximum atomic E-state index is 2.31. The molecule has 0 saturated carbocycles. The van der Waals surface area contributed by atoms with Gasteiger partial charge < -0.3 is 0 Å². The number of aryl methyl sites for hydroxylation is 1. The van der Waals surface area contributed by atoms with Crippen molar-refractivity contribution >= 4 is 22.7 Å². The Balaban J connectivity index is 1.68. The van der Waals surface area contributed by atoms with E-state index in [2.05, 4.69) is 61.5 Å². The van der Waals surface area contributed by atoms with E-state index in [1.54, 1.807) is 0 Å². The predicted octanol–water partition coefficient (Wildman–Crippen LogP) is 7.27. The molecule has 114 valence electrons. The highest BCUT2D eigenvalue weighted by Crippen LogP contribution is 2.37. The van der Waals surface area contributed by atoms with Crippen molar-refractivity contribution < 1.29 is 0 Å². The summed E-state index contributed by atoms with van der Waals surface area (Å²) in [6, 6.07) is 19.8. The minimum absolute atomic E-state index is 1.24. The van der Waals surface area contributed by atoms with Gasteiger partial charge in [-0.2, -0.15) is 0 Å². The zero-order valence-electron chi connectivity index (χ0n) is 13.0. The first-order chi connectivity index (χ1) is 10.9. The molecule has 0 N–H and O–H groups in total. The van der Waals surface area contributed by atoms with Gasteiger partial charge in [0, 0.05) is 19.5 Å². The average molecular weight is 327 g/mol. The van der Waals surface area contributed by atoms with E-state index in [-0.39, 0.29) is 0 Å². The highest BCUT2D eigenvalue weighted by atomic mass is 32.1. The normalized spacial score (nSPS) is 11.0. The molecule has 2 aromatic heterocycles. The number of hydrogen-bond donors (Lipinski definition) is 0. The van der Waals surface area contributed by atoms with Crippen molar-refractivity contribution in [2.24, 2.45) is 0 Å². The van der Waals surface area contributed by atoms with Crippen LogP contribution in [0.25, 0.3) is 20.2 Å². The molecule has 3 aromatic rings. The summed E-state index contributed by atoms with van der Waals surface area (Å²) >= 11 is 3.86. The van der Waals surface area contributed by atoms with Crippen LogP contribution in [0.3, 0.4) is 0 Å². The van der Waals surface area contributed by atoms with E-state index in [4.69, 9.17) is 0 Å². The van der Waals surface area contributed by atoms with Gasteiger partial charge in [-0.05, 0) is 42.7 Å². The molecule has 0 unspecified atom stereocenters. The minimum atomic E-state index is 1.24. The van der Waals surface area contributed by atoms with Gasteiger partial charge in [0.15, 0.2) is 0 Å². The lowest BCUT2D eigenvalue weighted by atomic mass is 10.1. The molecule has 2 heteroatoms. The molecule has 0 amide bonds. The molecule has 0 bridgehead atoms.